The molecule has 0 bridgehead atoms. The lowest BCUT2D eigenvalue weighted by Crippen LogP contribution is -2.41. The van der Waals surface area contributed by atoms with E-state index in [1.165, 1.54) is 0 Å². The van der Waals surface area contributed by atoms with E-state index in [9.17, 15) is 9.59 Å². The molecule has 1 aromatic carbocycles. The van der Waals surface area contributed by atoms with Crippen molar-refractivity contribution in [1.29, 1.82) is 0 Å². The molecule has 0 saturated carbocycles. The Kier molecular flexibility index (Phi) is 7.75. The van der Waals surface area contributed by atoms with Gasteiger partial charge in [-0.1, -0.05) is 39.0 Å². The van der Waals surface area contributed by atoms with Crippen molar-refractivity contribution in [3.8, 4) is 0 Å². The van der Waals surface area contributed by atoms with Gasteiger partial charge in [0, 0.05) is 30.7 Å². The van der Waals surface area contributed by atoms with Crippen LogP contribution in [0.2, 0.25) is 0 Å². The summed E-state index contributed by atoms with van der Waals surface area (Å²) in [6.07, 6.45) is 0.541. The normalized spacial score (nSPS) is 12.5. The molecule has 0 saturated heterocycles. The van der Waals surface area contributed by atoms with Crippen LogP contribution >= 0.6 is 0 Å². The summed E-state index contributed by atoms with van der Waals surface area (Å²) >= 11 is 0. The molecule has 0 aliphatic carbocycles. The van der Waals surface area contributed by atoms with Gasteiger partial charge in [-0.3, -0.25) is 9.59 Å². The van der Waals surface area contributed by atoms with E-state index in [0.29, 0.717) is 31.7 Å². The van der Waals surface area contributed by atoms with Crippen molar-refractivity contribution in [2.24, 2.45) is 5.41 Å². The summed E-state index contributed by atoms with van der Waals surface area (Å²) in [6.45, 7) is 9.06. The second-order valence-corrected chi connectivity index (χ2v) is 6.45. The average Bonchev–Trinajstić information content (AvgIpc) is 2.52. The molecule has 0 fully saturated rings. The Morgan fingerprint density at radius 3 is 2.35 bits per heavy atom. The van der Waals surface area contributed by atoms with Gasteiger partial charge in [-0.05, 0) is 25.5 Å². The fourth-order valence-corrected chi connectivity index (χ4v) is 1.99. The maximum atomic E-state index is 12.0. The van der Waals surface area contributed by atoms with E-state index >= 15 is 0 Å². The van der Waals surface area contributed by atoms with Crippen molar-refractivity contribution in [2.75, 3.05) is 19.7 Å². The average molecular weight is 320 g/mol. The molecule has 1 unspecified atom stereocenters. The van der Waals surface area contributed by atoms with E-state index in [2.05, 4.69) is 10.6 Å². The van der Waals surface area contributed by atoms with Crippen LogP contribution in [0.15, 0.2) is 30.3 Å². The van der Waals surface area contributed by atoms with E-state index < -0.39 is 5.41 Å². The monoisotopic (exact) mass is 320 g/mol. The second kappa shape index (κ2) is 9.30. The summed E-state index contributed by atoms with van der Waals surface area (Å²) < 4.78 is 5.63. The predicted octanol–water partition coefficient (Wildman–Crippen LogP) is 2.37. The third-order valence-electron chi connectivity index (χ3n) is 3.36. The van der Waals surface area contributed by atoms with E-state index in [1.807, 2.05) is 45.9 Å². The maximum absolute atomic E-state index is 12.0. The van der Waals surface area contributed by atoms with Crippen molar-refractivity contribution in [2.45, 2.75) is 40.2 Å². The van der Waals surface area contributed by atoms with Gasteiger partial charge in [0.15, 0.2) is 0 Å². The molecule has 23 heavy (non-hydrogen) atoms. The van der Waals surface area contributed by atoms with Gasteiger partial charge >= 0.3 is 0 Å². The fraction of sp³-hybridized carbons (Fsp3) is 0.556. The van der Waals surface area contributed by atoms with Gasteiger partial charge in [0.2, 0.25) is 5.91 Å². The topological polar surface area (TPSA) is 67.4 Å². The van der Waals surface area contributed by atoms with Gasteiger partial charge in [-0.25, -0.2) is 0 Å². The third-order valence-corrected chi connectivity index (χ3v) is 3.36. The molecule has 0 aromatic heterocycles. The van der Waals surface area contributed by atoms with E-state index in [-0.39, 0.29) is 17.9 Å². The lowest BCUT2D eigenvalue weighted by Gasteiger charge is -2.22. The first-order valence-electron chi connectivity index (χ1n) is 8.07. The van der Waals surface area contributed by atoms with Crippen LogP contribution in [0, 0.1) is 5.41 Å². The molecule has 5 nitrogen and oxygen atoms in total. The zero-order chi connectivity index (χ0) is 17.3. The number of amides is 2. The van der Waals surface area contributed by atoms with Crippen molar-refractivity contribution >= 4 is 11.8 Å². The van der Waals surface area contributed by atoms with Crippen molar-refractivity contribution < 1.29 is 14.3 Å². The minimum absolute atomic E-state index is 0.00414. The van der Waals surface area contributed by atoms with E-state index in [0.717, 1.165) is 0 Å². The van der Waals surface area contributed by atoms with Crippen LogP contribution in [-0.2, 0) is 9.53 Å². The summed E-state index contributed by atoms with van der Waals surface area (Å²) in [5.41, 5.74) is 0.222. The minimum Gasteiger partial charge on any atom is -0.377 e. The zero-order valence-corrected chi connectivity index (χ0v) is 14.5. The molecule has 0 spiro atoms. The van der Waals surface area contributed by atoms with Crippen LogP contribution in [0.5, 0.6) is 0 Å². The number of ether oxygens (including phenoxy) is 1. The number of nitrogens with one attached hydrogen (secondary N) is 2. The number of carbonyl (C=O) groups is 2. The highest BCUT2D eigenvalue weighted by Gasteiger charge is 2.22. The number of hydrogen-bond acceptors (Lipinski definition) is 3. The van der Waals surface area contributed by atoms with Gasteiger partial charge in [-0.15, -0.1) is 0 Å². The van der Waals surface area contributed by atoms with E-state index in [4.69, 9.17) is 4.74 Å². The fourth-order valence-electron chi connectivity index (χ4n) is 1.99. The summed E-state index contributed by atoms with van der Waals surface area (Å²) in [6, 6.07) is 9.09. The van der Waals surface area contributed by atoms with Crippen molar-refractivity contribution in [3.63, 3.8) is 0 Å². The maximum Gasteiger partial charge on any atom is 0.251 e. The first kappa shape index (κ1) is 19.2. The SMILES string of the molecule is CCOC(CCNC(=O)c1ccccc1)CNC(=O)C(C)(C)C. The van der Waals surface area contributed by atoms with Crippen LogP contribution < -0.4 is 10.6 Å². The lowest BCUT2D eigenvalue weighted by atomic mass is 9.95. The Bertz CT molecular complexity index is 495. The number of hydrogen-bond donors (Lipinski definition) is 2. The summed E-state index contributed by atoms with van der Waals surface area (Å²) in [4.78, 5) is 23.9. The van der Waals surface area contributed by atoms with Crippen molar-refractivity contribution in [1.82, 2.24) is 10.6 Å². The molecule has 1 rings (SSSR count). The van der Waals surface area contributed by atoms with Gasteiger partial charge < -0.3 is 15.4 Å². The largest absolute Gasteiger partial charge is 0.377 e. The van der Waals surface area contributed by atoms with Crippen LogP contribution in [0.1, 0.15) is 44.5 Å². The highest BCUT2D eigenvalue weighted by Crippen LogP contribution is 2.12. The van der Waals surface area contributed by atoms with E-state index in [1.54, 1.807) is 12.1 Å². The Morgan fingerprint density at radius 1 is 1.13 bits per heavy atom. The smallest absolute Gasteiger partial charge is 0.251 e. The Morgan fingerprint density at radius 2 is 1.78 bits per heavy atom. The van der Waals surface area contributed by atoms with Gasteiger partial charge in [0.05, 0.1) is 6.10 Å². The lowest BCUT2D eigenvalue weighted by molar-refractivity contribution is -0.129. The standard InChI is InChI=1S/C18H28N2O3/c1-5-23-15(13-20-17(22)18(2,3)4)11-12-19-16(21)14-9-7-6-8-10-14/h6-10,15H,5,11-13H2,1-4H3,(H,19,21)(H,20,22). The van der Waals surface area contributed by atoms with Crippen molar-refractivity contribution in [3.05, 3.63) is 35.9 Å². The molecule has 5 heteroatoms. The molecular weight excluding hydrogens is 292 g/mol. The van der Waals surface area contributed by atoms with Crippen LogP contribution in [0.25, 0.3) is 0 Å². The molecule has 0 aliphatic heterocycles. The van der Waals surface area contributed by atoms with Gasteiger partial charge in [0.1, 0.15) is 0 Å². The minimum atomic E-state index is -0.418. The molecule has 128 valence electrons. The van der Waals surface area contributed by atoms with Gasteiger partial charge in [0.25, 0.3) is 5.91 Å². The Labute approximate surface area is 138 Å². The number of carbonyl (C=O) groups excluding carboxylic acids is 2. The zero-order valence-electron chi connectivity index (χ0n) is 14.5. The molecule has 0 heterocycles. The second-order valence-electron chi connectivity index (χ2n) is 6.45. The van der Waals surface area contributed by atoms with Crippen LogP contribution in [-0.4, -0.2) is 37.6 Å². The molecule has 0 aliphatic rings. The molecule has 2 N–H and O–H groups in total. The van der Waals surface area contributed by atoms with Gasteiger partial charge in [-0.2, -0.15) is 0 Å². The Hall–Kier alpha value is -1.88. The molecular formula is C18H28N2O3. The molecule has 1 atom stereocenters. The molecule has 0 radical (unpaired) electrons. The quantitative estimate of drug-likeness (QED) is 0.773. The first-order chi connectivity index (χ1) is 10.8. The highest BCUT2D eigenvalue weighted by molar-refractivity contribution is 5.94. The summed E-state index contributed by atoms with van der Waals surface area (Å²) in [5.74, 6) is -0.102. The summed E-state index contributed by atoms with van der Waals surface area (Å²) in [7, 11) is 0. The molecule has 1 aromatic rings. The Balaban J connectivity index is 2.38. The van der Waals surface area contributed by atoms with Crippen LogP contribution in [0.3, 0.4) is 0 Å². The number of rotatable bonds is 8. The predicted molar refractivity (Wildman–Crippen MR) is 91.3 cm³/mol. The number of benzene rings is 1. The third kappa shape index (κ3) is 7.28. The van der Waals surface area contributed by atoms with Crippen LogP contribution in [0.4, 0.5) is 0 Å². The molecule has 2 amide bonds. The first-order valence-corrected chi connectivity index (χ1v) is 8.07. The highest BCUT2D eigenvalue weighted by atomic mass is 16.5. The summed E-state index contributed by atoms with van der Waals surface area (Å²) in [5, 5.41) is 5.77.